The molecule has 0 saturated carbocycles. The zero-order chi connectivity index (χ0) is 29.3. The predicted molar refractivity (Wildman–Crippen MR) is 167 cm³/mol. The first-order chi connectivity index (χ1) is 20.5. The zero-order valence-electron chi connectivity index (χ0n) is 23.9. The van der Waals surface area contributed by atoms with E-state index in [9.17, 15) is 9.59 Å². The Morgan fingerprint density at radius 1 is 0.976 bits per heavy atom. The number of carbonyl (C=O) groups excluding carboxylic acids is 2. The Balaban J connectivity index is 1.15. The van der Waals surface area contributed by atoms with Crippen molar-refractivity contribution in [3.05, 3.63) is 96.6 Å². The van der Waals surface area contributed by atoms with Crippen LogP contribution in [-0.4, -0.2) is 74.9 Å². The molecule has 0 N–H and O–H groups in total. The lowest BCUT2D eigenvalue weighted by molar-refractivity contribution is -0.139. The first kappa shape index (κ1) is 29.1. The Bertz CT molecular complexity index is 1520. The molecule has 0 aliphatic carbocycles. The van der Waals surface area contributed by atoms with Crippen molar-refractivity contribution in [2.24, 2.45) is 0 Å². The molecule has 5 rings (SSSR count). The Morgan fingerprint density at radius 2 is 1.74 bits per heavy atom. The predicted octanol–water partition coefficient (Wildman–Crippen LogP) is 5.59. The maximum absolute atomic E-state index is 13.0. The van der Waals surface area contributed by atoms with Crippen LogP contribution in [0.3, 0.4) is 0 Å². The van der Waals surface area contributed by atoms with E-state index in [2.05, 4.69) is 10.2 Å². The lowest BCUT2D eigenvalue weighted by atomic mass is 10.1. The van der Waals surface area contributed by atoms with Crippen LogP contribution in [0.1, 0.15) is 25.3 Å². The van der Waals surface area contributed by atoms with Crippen molar-refractivity contribution >= 4 is 29.7 Å². The van der Waals surface area contributed by atoms with Crippen LogP contribution in [0.4, 0.5) is 0 Å². The summed E-state index contributed by atoms with van der Waals surface area (Å²) in [6.45, 7) is 3.63. The minimum absolute atomic E-state index is 0.0225. The largest absolute Gasteiger partial charge is 0.497 e. The summed E-state index contributed by atoms with van der Waals surface area (Å²) in [6.07, 6.45) is 4.62. The van der Waals surface area contributed by atoms with Gasteiger partial charge in [0.1, 0.15) is 5.75 Å². The number of hydrogen-bond acceptors (Lipinski definition) is 6. The first-order valence-corrected chi connectivity index (χ1v) is 15.1. The number of carbonyl (C=O) groups is 2. The van der Waals surface area contributed by atoms with Gasteiger partial charge in [-0.15, -0.1) is 10.2 Å². The number of methoxy groups -OCH3 is 1. The summed E-state index contributed by atoms with van der Waals surface area (Å²) < 4.78 is 7.46. The third-order valence-corrected chi connectivity index (χ3v) is 8.24. The average molecular weight is 582 g/mol. The van der Waals surface area contributed by atoms with Gasteiger partial charge in [0.2, 0.25) is 11.8 Å². The number of benzene rings is 3. The molecule has 0 radical (unpaired) electrons. The number of nitrogens with zero attached hydrogens (tertiary/aromatic N) is 5. The van der Waals surface area contributed by atoms with Gasteiger partial charge in [-0.25, -0.2) is 0 Å². The molecule has 0 spiro atoms. The van der Waals surface area contributed by atoms with Crippen molar-refractivity contribution in [1.29, 1.82) is 0 Å². The van der Waals surface area contributed by atoms with E-state index in [0.29, 0.717) is 32.5 Å². The van der Waals surface area contributed by atoms with Crippen LogP contribution < -0.4 is 4.74 Å². The van der Waals surface area contributed by atoms with E-state index in [1.807, 2.05) is 112 Å². The van der Waals surface area contributed by atoms with Crippen LogP contribution in [-0.2, 0) is 9.59 Å². The second kappa shape index (κ2) is 14.0. The summed E-state index contributed by atoms with van der Waals surface area (Å²) in [4.78, 5) is 29.5. The van der Waals surface area contributed by atoms with Gasteiger partial charge >= 0.3 is 0 Å². The highest BCUT2D eigenvalue weighted by atomic mass is 32.2. The number of rotatable bonds is 10. The van der Waals surface area contributed by atoms with Gasteiger partial charge in [0.25, 0.3) is 0 Å². The fourth-order valence-corrected chi connectivity index (χ4v) is 5.90. The topological polar surface area (TPSA) is 80.6 Å². The first-order valence-electron chi connectivity index (χ1n) is 14.1. The number of piperazine rings is 1. The Morgan fingerprint density at radius 3 is 2.48 bits per heavy atom. The van der Waals surface area contributed by atoms with E-state index in [1.54, 1.807) is 24.9 Å². The van der Waals surface area contributed by atoms with Crippen molar-refractivity contribution in [1.82, 2.24) is 24.6 Å². The normalized spacial score (nSPS) is 15.2. The Kier molecular flexibility index (Phi) is 9.71. The molecule has 1 fully saturated rings. The van der Waals surface area contributed by atoms with Gasteiger partial charge in [-0.1, -0.05) is 72.4 Å². The molecular weight excluding hydrogens is 546 g/mol. The van der Waals surface area contributed by atoms with Gasteiger partial charge in [-0.3, -0.25) is 14.2 Å². The number of aromatic nitrogens is 3. The molecule has 3 aromatic carbocycles. The smallest absolute Gasteiger partial charge is 0.246 e. The van der Waals surface area contributed by atoms with E-state index in [4.69, 9.17) is 4.74 Å². The number of para-hydroxylation sites is 1. The van der Waals surface area contributed by atoms with Gasteiger partial charge < -0.3 is 14.5 Å². The molecule has 1 saturated heterocycles. The third-order valence-electron chi connectivity index (χ3n) is 7.22. The van der Waals surface area contributed by atoms with Gasteiger partial charge in [0.05, 0.1) is 7.11 Å². The highest BCUT2D eigenvalue weighted by molar-refractivity contribution is 7.99. The third kappa shape index (κ3) is 7.09. The molecule has 8 nitrogen and oxygen atoms in total. The summed E-state index contributed by atoms with van der Waals surface area (Å²) in [6, 6.07) is 27.6. The van der Waals surface area contributed by atoms with Crippen molar-refractivity contribution < 1.29 is 14.3 Å². The summed E-state index contributed by atoms with van der Waals surface area (Å²) in [5.74, 6) is 2.32. The molecule has 1 aliphatic rings. The van der Waals surface area contributed by atoms with Gasteiger partial charge in [-0.05, 0) is 49.2 Å². The second-order valence-electron chi connectivity index (χ2n) is 10.1. The van der Waals surface area contributed by atoms with E-state index >= 15 is 0 Å². The van der Waals surface area contributed by atoms with Crippen LogP contribution >= 0.6 is 11.8 Å². The number of thioether (sulfide) groups is 1. The van der Waals surface area contributed by atoms with Gasteiger partial charge in [0.15, 0.2) is 11.0 Å². The minimum atomic E-state index is -0.0375. The Labute approximate surface area is 251 Å². The Hall–Kier alpha value is -4.37. The van der Waals surface area contributed by atoms with E-state index in [1.165, 1.54) is 0 Å². The standard InChI is InChI=1S/C33H35N5O3S/c1-25-24-36(20-21-37(25)31(40)19-18-26-11-5-3-6-12-26)30(39)17-10-22-42-33-35-34-32(27-13-9-16-29(23-27)41-2)38(33)28-14-7-4-8-15-28/h3-9,11-16,18-19,23,25H,10,17,20-22,24H2,1-2H3/b19-18+. The minimum Gasteiger partial charge on any atom is -0.497 e. The molecule has 42 heavy (non-hydrogen) atoms. The summed E-state index contributed by atoms with van der Waals surface area (Å²) in [5.41, 5.74) is 2.87. The van der Waals surface area contributed by atoms with Crippen LogP contribution in [0.25, 0.3) is 23.2 Å². The van der Waals surface area contributed by atoms with E-state index in [0.717, 1.165) is 39.3 Å². The SMILES string of the molecule is COc1cccc(-c2nnc(SCCCC(=O)N3CCN(C(=O)/C=C/c4ccccc4)C(C)C3)n2-c2ccccc2)c1. The lowest BCUT2D eigenvalue weighted by Crippen LogP contribution is -2.55. The molecule has 1 aliphatic heterocycles. The number of amides is 2. The van der Waals surface area contributed by atoms with Gasteiger partial charge in [0, 0.05) is 55.2 Å². The molecule has 4 aromatic rings. The van der Waals surface area contributed by atoms with Crippen molar-refractivity contribution in [2.45, 2.75) is 31.0 Å². The molecule has 1 unspecified atom stereocenters. The summed E-state index contributed by atoms with van der Waals surface area (Å²) in [5, 5.41) is 9.78. The fraction of sp³-hybridized carbons (Fsp3) is 0.273. The molecule has 2 amide bonds. The highest BCUT2D eigenvalue weighted by Crippen LogP contribution is 2.30. The quantitative estimate of drug-likeness (QED) is 0.138. The van der Waals surface area contributed by atoms with Gasteiger partial charge in [-0.2, -0.15) is 0 Å². The number of hydrogen-bond donors (Lipinski definition) is 0. The summed E-state index contributed by atoms with van der Waals surface area (Å²) >= 11 is 1.59. The fourth-order valence-electron chi connectivity index (χ4n) is 5.01. The second-order valence-corrected chi connectivity index (χ2v) is 11.2. The molecule has 0 bridgehead atoms. The zero-order valence-corrected chi connectivity index (χ0v) is 24.7. The van der Waals surface area contributed by atoms with Crippen molar-refractivity contribution in [2.75, 3.05) is 32.5 Å². The maximum atomic E-state index is 13.0. The molecule has 1 aromatic heterocycles. The highest BCUT2D eigenvalue weighted by Gasteiger charge is 2.28. The summed E-state index contributed by atoms with van der Waals surface area (Å²) in [7, 11) is 1.65. The molecular formula is C33H35N5O3S. The molecule has 216 valence electrons. The van der Waals surface area contributed by atoms with Crippen molar-refractivity contribution in [3.8, 4) is 22.8 Å². The monoisotopic (exact) mass is 581 g/mol. The lowest BCUT2D eigenvalue weighted by Gasteiger charge is -2.39. The molecule has 1 atom stereocenters. The van der Waals surface area contributed by atoms with Crippen LogP contribution in [0.5, 0.6) is 5.75 Å². The van der Waals surface area contributed by atoms with Crippen LogP contribution in [0.2, 0.25) is 0 Å². The van der Waals surface area contributed by atoms with Crippen LogP contribution in [0, 0.1) is 0 Å². The maximum Gasteiger partial charge on any atom is 0.246 e. The molecule has 2 heterocycles. The average Bonchev–Trinajstić information content (AvgIpc) is 3.46. The van der Waals surface area contributed by atoms with E-state index in [-0.39, 0.29) is 17.9 Å². The number of ether oxygens (including phenoxy) is 1. The van der Waals surface area contributed by atoms with Crippen molar-refractivity contribution in [3.63, 3.8) is 0 Å². The van der Waals surface area contributed by atoms with E-state index < -0.39 is 0 Å². The molecule has 9 heteroatoms. The van der Waals surface area contributed by atoms with Crippen LogP contribution in [0.15, 0.2) is 96.2 Å².